The van der Waals surface area contributed by atoms with Gasteiger partial charge >= 0.3 is 0 Å². The highest BCUT2D eigenvalue weighted by Crippen LogP contribution is 2.19. The van der Waals surface area contributed by atoms with E-state index in [9.17, 15) is 4.79 Å². The Hall–Kier alpha value is -1.46. The van der Waals surface area contributed by atoms with Crippen molar-refractivity contribution in [2.45, 2.75) is 31.8 Å². The maximum Gasteiger partial charge on any atom is 0.251 e. The lowest BCUT2D eigenvalue weighted by molar-refractivity contribution is 0.667. The molecule has 0 atom stereocenters. The highest BCUT2D eigenvalue weighted by atomic mass is 32.1. The van der Waals surface area contributed by atoms with Crippen LogP contribution in [0.15, 0.2) is 28.4 Å². The Balaban J connectivity index is 1.74. The van der Waals surface area contributed by atoms with Crippen molar-refractivity contribution in [3.8, 4) is 0 Å². The van der Waals surface area contributed by atoms with Gasteiger partial charge in [-0.05, 0) is 24.3 Å². The molecule has 2 aromatic rings. The fourth-order valence-electron chi connectivity index (χ4n) is 1.85. The number of H-pyrrole nitrogens is 1. The quantitative estimate of drug-likeness (QED) is 0.861. The molecule has 0 spiro atoms. The Morgan fingerprint density at radius 1 is 1.50 bits per heavy atom. The maximum atomic E-state index is 11.6. The predicted octanol–water partition coefficient (Wildman–Crippen LogP) is 1.67. The van der Waals surface area contributed by atoms with E-state index in [0.29, 0.717) is 19.0 Å². The number of hydrogen-bond donors (Lipinski definition) is 2. The second-order valence-electron chi connectivity index (χ2n) is 4.59. The topological polar surface area (TPSA) is 57.8 Å². The van der Waals surface area contributed by atoms with Gasteiger partial charge in [0.2, 0.25) is 0 Å². The number of nitrogens with one attached hydrogen (secondary N) is 2. The molecule has 0 radical (unpaired) electrons. The molecule has 0 aliphatic heterocycles. The third-order valence-corrected chi connectivity index (χ3v) is 3.79. The number of thiophene rings is 1. The molecular weight excluding hydrogens is 246 g/mol. The molecule has 2 heterocycles. The van der Waals surface area contributed by atoms with Crippen molar-refractivity contribution in [1.29, 1.82) is 0 Å². The summed E-state index contributed by atoms with van der Waals surface area (Å²) >= 11 is 1.68. The fraction of sp³-hybridized carbons (Fsp3) is 0.385. The molecule has 0 amide bonds. The first-order valence-corrected chi connectivity index (χ1v) is 7.02. The summed E-state index contributed by atoms with van der Waals surface area (Å²) in [5.41, 5.74) is 0.765. The molecular formula is C13H15N3OS. The molecule has 5 heteroatoms. The van der Waals surface area contributed by atoms with Crippen LogP contribution in [0, 0.1) is 0 Å². The summed E-state index contributed by atoms with van der Waals surface area (Å²) in [7, 11) is 0. The second kappa shape index (κ2) is 5.04. The van der Waals surface area contributed by atoms with Gasteiger partial charge in [-0.3, -0.25) is 4.79 Å². The van der Waals surface area contributed by atoms with Gasteiger partial charge in [-0.15, -0.1) is 11.3 Å². The summed E-state index contributed by atoms with van der Waals surface area (Å²) < 4.78 is 0. The van der Waals surface area contributed by atoms with Gasteiger partial charge in [0.05, 0.1) is 5.69 Å². The SMILES string of the molecule is O=c1cc(CNC2CC2)nc(Cc2cccs2)[nH]1. The first kappa shape index (κ1) is 11.6. The van der Waals surface area contributed by atoms with Gasteiger partial charge in [-0.1, -0.05) is 6.07 Å². The Morgan fingerprint density at radius 3 is 3.11 bits per heavy atom. The van der Waals surface area contributed by atoms with Crippen LogP contribution in [-0.4, -0.2) is 16.0 Å². The largest absolute Gasteiger partial charge is 0.310 e. The van der Waals surface area contributed by atoms with Gasteiger partial charge < -0.3 is 10.3 Å². The van der Waals surface area contributed by atoms with Crippen LogP contribution in [0.5, 0.6) is 0 Å². The summed E-state index contributed by atoms with van der Waals surface area (Å²) in [5.74, 6) is 0.748. The molecule has 0 saturated heterocycles. The van der Waals surface area contributed by atoms with Crippen LogP contribution in [0.3, 0.4) is 0 Å². The Labute approximate surface area is 109 Å². The van der Waals surface area contributed by atoms with Gasteiger partial charge in [0.15, 0.2) is 0 Å². The van der Waals surface area contributed by atoms with Crippen molar-refractivity contribution < 1.29 is 0 Å². The van der Waals surface area contributed by atoms with E-state index in [4.69, 9.17) is 0 Å². The smallest absolute Gasteiger partial charge is 0.251 e. The standard InChI is InChI=1S/C13H15N3OS/c17-13-6-10(8-14-9-3-4-9)15-12(16-13)7-11-2-1-5-18-11/h1-2,5-6,9,14H,3-4,7-8H2,(H,15,16,17). The maximum absolute atomic E-state index is 11.6. The molecule has 94 valence electrons. The summed E-state index contributed by atoms with van der Waals surface area (Å²) in [5, 5.41) is 5.41. The van der Waals surface area contributed by atoms with Crippen LogP contribution in [0.4, 0.5) is 0 Å². The van der Waals surface area contributed by atoms with Crippen LogP contribution in [0.25, 0.3) is 0 Å². The van der Waals surface area contributed by atoms with E-state index in [1.165, 1.54) is 17.7 Å². The van der Waals surface area contributed by atoms with Gasteiger partial charge in [0.25, 0.3) is 5.56 Å². The first-order chi connectivity index (χ1) is 8.79. The van der Waals surface area contributed by atoms with Crippen molar-refractivity contribution in [3.63, 3.8) is 0 Å². The van der Waals surface area contributed by atoms with Gasteiger partial charge in [0, 0.05) is 30.0 Å². The van der Waals surface area contributed by atoms with E-state index in [2.05, 4.69) is 21.4 Å². The first-order valence-electron chi connectivity index (χ1n) is 6.14. The zero-order valence-corrected chi connectivity index (χ0v) is 10.8. The Morgan fingerprint density at radius 2 is 2.39 bits per heavy atom. The lowest BCUT2D eigenvalue weighted by atomic mass is 10.3. The van der Waals surface area contributed by atoms with Crippen LogP contribution in [0.1, 0.15) is 29.2 Å². The highest BCUT2D eigenvalue weighted by Gasteiger charge is 2.20. The average molecular weight is 261 g/mol. The van der Waals surface area contributed by atoms with Crippen molar-refractivity contribution in [2.24, 2.45) is 0 Å². The predicted molar refractivity (Wildman–Crippen MR) is 71.8 cm³/mol. The van der Waals surface area contributed by atoms with Gasteiger partial charge in [-0.25, -0.2) is 4.98 Å². The van der Waals surface area contributed by atoms with Crippen LogP contribution in [0.2, 0.25) is 0 Å². The van der Waals surface area contributed by atoms with E-state index in [1.807, 2.05) is 11.4 Å². The van der Waals surface area contributed by atoms with Crippen LogP contribution < -0.4 is 10.9 Å². The zero-order valence-electron chi connectivity index (χ0n) is 9.98. The van der Waals surface area contributed by atoms with Crippen molar-refractivity contribution in [2.75, 3.05) is 0 Å². The van der Waals surface area contributed by atoms with Gasteiger partial charge in [-0.2, -0.15) is 0 Å². The zero-order chi connectivity index (χ0) is 12.4. The molecule has 3 rings (SSSR count). The van der Waals surface area contributed by atoms with E-state index < -0.39 is 0 Å². The number of aromatic nitrogens is 2. The average Bonchev–Trinajstić information content (AvgIpc) is 3.04. The Bertz CT molecular complexity index is 572. The molecule has 0 unspecified atom stereocenters. The van der Waals surface area contributed by atoms with Crippen molar-refractivity contribution in [1.82, 2.24) is 15.3 Å². The molecule has 1 aliphatic rings. The van der Waals surface area contributed by atoms with Crippen molar-refractivity contribution in [3.05, 3.63) is 50.3 Å². The van der Waals surface area contributed by atoms with E-state index in [1.54, 1.807) is 17.4 Å². The number of hydrogen-bond acceptors (Lipinski definition) is 4. The summed E-state index contributed by atoms with van der Waals surface area (Å²) in [6.07, 6.45) is 3.18. The van der Waals surface area contributed by atoms with E-state index in [0.717, 1.165) is 11.5 Å². The molecule has 2 aromatic heterocycles. The fourth-order valence-corrected chi connectivity index (χ4v) is 2.56. The second-order valence-corrected chi connectivity index (χ2v) is 5.63. The van der Waals surface area contributed by atoms with E-state index >= 15 is 0 Å². The number of nitrogens with zero attached hydrogens (tertiary/aromatic N) is 1. The molecule has 1 fully saturated rings. The van der Waals surface area contributed by atoms with Crippen LogP contribution in [-0.2, 0) is 13.0 Å². The highest BCUT2D eigenvalue weighted by molar-refractivity contribution is 7.09. The lowest BCUT2D eigenvalue weighted by Gasteiger charge is -2.04. The minimum absolute atomic E-state index is 0.0656. The minimum atomic E-state index is -0.0656. The monoisotopic (exact) mass is 261 g/mol. The number of aromatic amines is 1. The van der Waals surface area contributed by atoms with Gasteiger partial charge in [0.1, 0.15) is 5.82 Å². The molecule has 0 aromatic carbocycles. The minimum Gasteiger partial charge on any atom is -0.310 e. The molecule has 2 N–H and O–H groups in total. The van der Waals surface area contributed by atoms with E-state index in [-0.39, 0.29) is 5.56 Å². The third-order valence-electron chi connectivity index (χ3n) is 2.91. The summed E-state index contributed by atoms with van der Waals surface area (Å²) in [6, 6.07) is 6.27. The molecule has 4 nitrogen and oxygen atoms in total. The Kier molecular flexibility index (Phi) is 3.25. The molecule has 1 saturated carbocycles. The third kappa shape index (κ3) is 3.05. The molecule has 18 heavy (non-hydrogen) atoms. The lowest BCUT2D eigenvalue weighted by Crippen LogP contribution is -2.20. The summed E-state index contributed by atoms with van der Waals surface area (Å²) in [6.45, 7) is 0.687. The number of rotatable bonds is 5. The van der Waals surface area contributed by atoms with Crippen LogP contribution >= 0.6 is 11.3 Å². The summed E-state index contributed by atoms with van der Waals surface area (Å²) in [4.78, 5) is 20.1. The normalized spacial score (nSPS) is 14.9. The van der Waals surface area contributed by atoms with Crippen molar-refractivity contribution >= 4 is 11.3 Å². The molecule has 1 aliphatic carbocycles. The molecule has 0 bridgehead atoms.